The number of benzene rings is 1. The predicted molar refractivity (Wildman–Crippen MR) is 84.7 cm³/mol. The van der Waals surface area contributed by atoms with Crippen LogP contribution in [0.5, 0.6) is 5.75 Å². The zero-order chi connectivity index (χ0) is 14.3. The summed E-state index contributed by atoms with van der Waals surface area (Å²) in [5, 5.41) is 3.56. The minimum Gasteiger partial charge on any atom is -0.494 e. The van der Waals surface area contributed by atoms with Crippen LogP contribution >= 0.6 is 0 Å². The maximum atomic E-state index is 5.72. The molecule has 3 rings (SSSR count). The van der Waals surface area contributed by atoms with E-state index in [4.69, 9.17) is 4.74 Å². The van der Waals surface area contributed by atoms with Gasteiger partial charge in [-0.1, -0.05) is 31.0 Å². The summed E-state index contributed by atoms with van der Waals surface area (Å²) in [6.07, 6.45) is 10.1. The molecule has 0 unspecified atom stereocenters. The summed E-state index contributed by atoms with van der Waals surface area (Å²) in [4.78, 5) is 4.43. The molecule has 1 N–H and O–H groups in total. The highest BCUT2D eigenvalue weighted by molar-refractivity contribution is 5.28. The molecule has 1 fully saturated rings. The number of ether oxygens (including phenoxy) is 1. The molecule has 1 aromatic carbocycles. The van der Waals surface area contributed by atoms with Gasteiger partial charge in [0.1, 0.15) is 5.75 Å². The van der Waals surface area contributed by atoms with Gasteiger partial charge in [0.25, 0.3) is 0 Å². The molecule has 0 saturated heterocycles. The second kappa shape index (κ2) is 7.16. The lowest BCUT2D eigenvalue weighted by atomic mass is 10.2. The summed E-state index contributed by atoms with van der Waals surface area (Å²) >= 11 is 0. The van der Waals surface area contributed by atoms with E-state index in [0.29, 0.717) is 6.04 Å². The fraction of sp³-hybridized carbons (Fsp3) is 0.471. The van der Waals surface area contributed by atoms with Crippen LogP contribution in [0.15, 0.2) is 42.7 Å². The van der Waals surface area contributed by atoms with Crippen LogP contribution < -0.4 is 10.1 Å². The largest absolute Gasteiger partial charge is 0.494 e. The van der Waals surface area contributed by atoms with Crippen LogP contribution in [0.2, 0.25) is 0 Å². The highest BCUT2D eigenvalue weighted by atomic mass is 16.5. The number of nitrogens with zero attached hydrogens (tertiary/aromatic N) is 2. The smallest absolute Gasteiger partial charge is 0.202 e. The Balaban J connectivity index is 1.44. The summed E-state index contributed by atoms with van der Waals surface area (Å²) in [6, 6.07) is 10.6. The zero-order valence-corrected chi connectivity index (χ0v) is 12.4. The number of aromatic nitrogens is 2. The third kappa shape index (κ3) is 4.00. The van der Waals surface area contributed by atoms with Gasteiger partial charge in [-0.15, -0.1) is 0 Å². The number of rotatable bonds is 7. The van der Waals surface area contributed by atoms with Gasteiger partial charge in [0, 0.05) is 25.0 Å². The van der Waals surface area contributed by atoms with Gasteiger partial charge in [-0.2, -0.15) is 0 Å². The van der Waals surface area contributed by atoms with Crippen LogP contribution in [0, 0.1) is 0 Å². The molecule has 1 heterocycles. The number of hydrogen-bond donors (Lipinski definition) is 1. The molecule has 1 saturated carbocycles. The molecule has 2 aromatic rings. The molecule has 0 radical (unpaired) electrons. The second-order valence-electron chi connectivity index (χ2n) is 5.59. The Morgan fingerprint density at radius 2 is 2.00 bits per heavy atom. The zero-order valence-electron chi connectivity index (χ0n) is 12.4. The molecular formula is C17H23N3O. The standard InChI is InChI=1S/C17H23N3O/c1-2-9-16(10-3-1)21-14-6-12-20-13-11-18-17(20)19-15-7-4-5-8-15/h1-3,9-11,13,15H,4-8,12,14H2,(H,18,19). The molecule has 4 heteroatoms. The molecule has 0 bridgehead atoms. The van der Waals surface area contributed by atoms with Gasteiger partial charge in [0.2, 0.25) is 5.95 Å². The summed E-state index contributed by atoms with van der Waals surface area (Å²) in [7, 11) is 0. The SMILES string of the molecule is c1ccc(OCCCn2ccnc2NC2CCCC2)cc1. The number of para-hydroxylation sites is 1. The van der Waals surface area contributed by atoms with E-state index < -0.39 is 0 Å². The van der Waals surface area contributed by atoms with Crippen molar-refractivity contribution < 1.29 is 4.74 Å². The van der Waals surface area contributed by atoms with E-state index in [-0.39, 0.29) is 0 Å². The minimum atomic E-state index is 0.603. The van der Waals surface area contributed by atoms with E-state index in [1.165, 1.54) is 25.7 Å². The molecule has 1 aliphatic carbocycles. The third-order valence-corrected chi connectivity index (χ3v) is 3.96. The Bertz CT molecular complexity index is 532. The Kier molecular flexibility index (Phi) is 4.77. The first-order chi connectivity index (χ1) is 10.4. The van der Waals surface area contributed by atoms with Gasteiger partial charge < -0.3 is 14.6 Å². The van der Waals surface area contributed by atoms with Crippen molar-refractivity contribution in [2.45, 2.75) is 44.7 Å². The second-order valence-corrected chi connectivity index (χ2v) is 5.59. The monoisotopic (exact) mass is 285 g/mol. The predicted octanol–water partition coefficient (Wildman–Crippen LogP) is 3.71. The van der Waals surface area contributed by atoms with Gasteiger partial charge in [-0.25, -0.2) is 4.98 Å². The lowest BCUT2D eigenvalue weighted by Crippen LogP contribution is -2.18. The normalized spacial score (nSPS) is 15.2. The highest BCUT2D eigenvalue weighted by Gasteiger charge is 2.16. The molecular weight excluding hydrogens is 262 g/mol. The van der Waals surface area contributed by atoms with E-state index in [1.54, 1.807) is 0 Å². The van der Waals surface area contributed by atoms with E-state index in [2.05, 4.69) is 14.9 Å². The van der Waals surface area contributed by atoms with E-state index in [9.17, 15) is 0 Å². The summed E-state index contributed by atoms with van der Waals surface area (Å²) < 4.78 is 7.91. The van der Waals surface area contributed by atoms with Gasteiger partial charge in [0.15, 0.2) is 0 Å². The van der Waals surface area contributed by atoms with Crippen molar-refractivity contribution >= 4 is 5.95 Å². The molecule has 1 aromatic heterocycles. The van der Waals surface area contributed by atoms with Crippen LogP contribution in [0.3, 0.4) is 0 Å². The van der Waals surface area contributed by atoms with Gasteiger partial charge in [-0.3, -0.25) is 0 Å². The molecule has 1 aliphatic rings. The van der Waals surface area contributed by atoms with Crippen LogP contribution in [0.1, 0.15) is 32.1 Å². The van der Waals surface area contributed by atoms with Crippen LogP contribution in [0.25, 0.3) is 0 Å². The summed E-state index contributed by atoms with van der Waals surface area (Å²) in [6.45, 7) is 1.66. The maximum absolute atomic E-state index is 5.72. The number of nitrogens with one attached hydrogen (secondary N) is 1. The fourth-order valence-electron chi connectivity index (χ4n) is 2.82. The van der Waals surface area contributed by atoms with Gasteiger partial charge in [0.05, 0.1) is 6.61 Å². The van der Waals surface area contributed by atoms with Crippen LogP contribution in [-0.4, -0.2) is 22.2 Å². The molecule has 0 amide bonds. The average molecular weight is 285 g/mol. The van der Waals surface area contributed by atoms with Gasteiger partial charge in [-0.05, 0) is 31.4 Å². The molecule has 0 atom stereocenters. The molecule has 0 aliphatic heterocycles. The summed E-state index contributed by atoms with van der Waals surface area (Å²) in [5.74, 6) is 1.94. The molecule has 112 valence electrons. The first-order valence-corrected chi connectivity index (χ1v) is 7.87. The Morgan fingerprint density at radius 3 is 2.81 bits per heavy atom. The van der Waals surface area contributed by atoms with Crippen molar-refractivity contribution in [1.29, 1.82) is 0 Å². The Morgan fingerprint density at radius 1 is 1.19 bits per heavy atom. The van der Waals surface area contributed by atoms with Crippen molar-refractivity contribution in [1.82, 2.24) is 9.55 Å². The lowest BCUT2D eigenvalue weighted by Gasteiger charge is -2.14. The van der Waals surface area contributed by atoms with Crippen molar-refractivity contribution in [3.05, 3.63) is 42.7 Å². The minimum absolute atomic E-state index is 0.603. The molecule has 4 nitrogen and oxygen atoms in total. The van der Waals surface area contributed by atoms with E-state index >= 15 is 0 Å². The maximum Gasteiger partial charge on any atom is 0.202 e. The summed E-state index contributed by atoms with van der Waals surface area (Å²) in [5.41, 5.74) is 0. The van der Waals surface area contributed by atoms with Gasteiger partial charge >= 0.3 is 0 Å². The first kappa shape index (κ1) is 14.0. The van der Waals surface area contributed by atoms with Crippen molar-refractivity contribution in [3.63, 3.8) is 0 Å². The van der Waals surface area contributed by atoms with E-state index in [0.717, 1.165) is 31.3 Å². The van der Waals surface area contributed by atoms with Crippen molar-refractivity contribution in [3.8, 4) is 5.75 Å². The van der Waals surface area contributed by atoms with Crippen molar-refractivity contribution in [2.24, 2.45) is 0 Å². The number of aryl methyl sites for hydroxylation is 1. The number of hydrogen-bond acceptors (Lipinski definition) is 3. The highest BCUT2D eigenvalue weighted by Crippen LogP contribution is 2.21. The van der Waals surface area contributed by atoms with E-state index in [1.807, 2.05) is 42.7 Å². The van der Waals surface area contributed by atoms with Crippen LogP contribution in [-0.2, 0) is 6.54 Å². The average Bonchev–Trinajstić information content (AvgIpc) is 3.18. The Hall–Kier alpha value is -1.97. The lowest BCUT2D eigenvalue weighted by molar-refractivity contribution is 0.302. The Labute approximate surface area is 126 Å². The first-order valence-electron chi connectivity index (χ1n) is 7.87. The van der Waals surface area contributed by atoms with Crippen molar-refractivity contribution in [2.75, 3.05) is 11.9 Å². The topological polar surface area (TPSA) is 39.1 Å². The quantitative estimate of drug-likeness (QED) is 0.788. The molecule has 0 spiro atoms. The third-order valence-electron chi connectivity index (χ3n) is 3.96. The fourth-order valence-corrected chi connectivity index (χ4v) is 2.82. The number of imidazole rings is 1. The molecule has 21 heavy (non-hydrogen) atoms. The van der Waals surface area contributed by atoms with Crippen LogP contribution in [0.4, 0.5) is 5.95 Å². The number of anilines is 1.